The fourth-order valence-electron chi connectivity index (χ4n) is 3.48. The van der Waals surface area contributed by atoms with Gasteiger partial charge in [-0.05, 0) is 41.0 Å². The van der Waals surface area contributed by atoms with Crippen LogP contribution in [0.15, 0.2) is 12.4 Å². The molecular formula is C20H31N5O4. The average molecular weight is 405 g/mol. The standard InChI is InChI=1S/C20H31N5O4/c1-6-25-17-14(11-22-25)16(15(10-21-17)18(26)28-7-2)23-13-8-9-24(12-13)19(27)29-20(3,4)5/h10-11,13,19,27H,6-9,12H2,1-5H3,(H,21,23)/t13-,19?/m1/s1. The van der Waals surface area contributed by atoms with Crippen LogP contribution in [0.2, 0.25) is 0 Å². The Hall–Kier alpha value is -2.23. The van der Waals surface area contributed by atoms with Crippen LogP contribution in [0.3, 0.4) is 0 Å². The second-order valence-corrected chi connectivity index (χ2v) is 8.15. The number of hydrogen-bond acceptors (Lipinski definition) is 8. The van der Waals surface area contributed by atoms with E-state index >= 15 is 0 Å². The smallest absolute Gasteiger partial charge is 0.341 e. The molecule has 1 saturated heterocycles. The molecule has 1 fully saturated rings. The van der Waals surface area contributed by atoms with Crippen LogP contribution in [0.1, 0.15) is 51.4 Å². The van der Waals surface area contributed by atoms with E-state index in [2.05, 4.69) is 15.4 Å². The Balaban J connectivity index is 1.84. The first-order valence-electron chi connectivity index (χ1n) is 10.1. The molecule has 1 unspecified atom stereocenters. The molecule has 9 nitrogen and oxygen atoms in total. The van der Waals surface area contributed by atoms with E-state index in [0.29, 0.717) is 36.5 Å². The van der Waals surface area contributed by atoms with Gasteiger partial charge in [0.1, 0.15) is 5.56 Å². The summed E-state index contributed by atoms with van der Waals surface area (Å²) in [5.74, 6) is -0.417. The maximum absolute atomic E-state index is 12.5. The van der Waals surface area contributed by atoms with E-state index in [1.54, 1.807) is 24.0 Å². The van der Waals surface area contributed by atoms with E-state index in [-0.39, 0.29) is 12.6 Å². The molecule has 0 amide bonds. The molecular weight excluding hydrogens is 374 g/mol. The molecule has 1 aliphatic heterocycles. The predicted molar refractivity (Wildman–Crippen MR) is 110 cm³/mol. The molecule has 29 heavy (non-hydrogen) atoms. The van der Waals surface area contributed by atoms with Crippen LogP contribution >= 0.6 is 0 Å². The van der Waals surface area contributed by atoms with Crippen LogP contribution in [-0.4, -0.2) is 68.5 Å². The van der Waals surface area contributed by atoms with Gasteiger partial charge in [0.25, 0.3) is 0 Å². The number of likely N-dealkylation sites (tertiary alicyclic amines) is 1. The quantitative estimate of drug-likeness (QED) is 0.534. The third-order valence-corrected chi connectivity index (χ3v) is 4.80. The SMILES string of the molecule is CCOC(=O)c1cnc2c(cnn2CC)c1N[C@@H]1CCN(C(O)OC(C)(C)C)C1. The molecule has 2 atom stereocenters. The van der Waals surface area contributed by atoms with Crippen LogP contribution < -0.4 is 5.32 Å². The van der Waals surface area contributed by atoms with E-state index in [4.69, 9.17) is 9.47 Å². The lowest BCUT2D eigenvalue weighted by molar-refractivity contribution is -0.233. The second kappa shape index (κ2) is 8.64. The van der Waals surface area contributed by atoms with E-state index in [9.17, 15) is 9.90 Å². The van der Waals surface area contributed by atoms with Crippen molar-refractivity contribution in [2.45, 2.75) is 65.6 Å². The molecule has 1 aliphatic rings. The molecule has 160 valence electrons. The highest BCUT2D eigenvalue weighted by atomic mass is 16.6. The number of ether oxygens (including phenoxy) is 2. The summed E-state index contributed by atoms with van der Waals surface area (Å²) < 4.78 is 12.7. The molecule has 0 saturated carbocycles. The summed E-state index contributed by atoms with van der Waals surface area (Å²) in [6, 6.07) is 0.0389. The predicted octanol–water partition coefficient (Wildman–Crippen LogP) is 2.21. The Morgan fingerprint density at radius 2 is 2.14 bits per heavy atom. The third kappa shape index (κ3) is 4.85. The van der Waals surface area contributed by atoms with Gasteiger partial charge in [-0.15, -0.1) is 0 Å². The summed E-state index contributed by atoms with van der Waals surface area (Å²) in [4.78, 5) is 18.8. The molecule has 0 bridgehead atoms. The van der Waals surface area contributed by atoms with Gasteiger partial charge in [0.15, 0.2) is 5.65 Å². The Labute approximate surface area is 171 Å². The highest BCUT2D eigenvalue weighted by Crippen LogP contribution is 2.29. The van der Waals surface area contributed by atoms with Crippen molar-refractivity contribution in [3.05, 3.63) is 18.0 Å². The lowest BCUT2D eigenvalue weighted by atomic mass is 10.1. The minimum atomic E-state index is -0.966. The first-order chi connectivity index (χ1) is 13.7. The van der Waals surface area contributed by atoms with E-state index < -0.39 is 18.0 Å². The largest absolute Gasteiger partial charge is 0.462 e. The highest BCUT2D eigenvalue weighted by molar-refractivity contribution is 6.04. The van der Waals surface area contributed by atoms with Crippen LogP contribution in [0, 0.1) is 0 Å². The zero-order valence-electron chi connectivity index (χ0n) is 17.8. The molecule has 2 aromatic rings. The van der Waals surface area contributed by atoms with E-state index in [1.807, 2.05) is 32.6 Å². The number of nitrogens with one attached hydrogen (secondary N) is 1. The number of rotatable bonds is 7. The number of esters is 1. The van der Waals surface area contributed by atoms with Crippen molar-refractivity contribution in [3.63, 3.8) is 0 Å². The first-order valence-corrected chi connectivity index (χ1v) is 10.1. The number of aryl methyl sites for hydroxylation is 1. The number of anilines is 1. The van der Waals surface area contributed by atoms with Crippen LogP contribution in [0.25, 0.3) is 11.0 Å². The topological polar surface area (TPSA) is 102 Å². The summed E-state index contributed by atoms with van der Waals surface area (Å²) in [5.41, 5.74) is 1.34. The maximum atomic E-state index is 12.5. The zero-order chi connectivity index (χ0) is 21.2. The summed E-state index contributed by atoms with van der Waals surface area (Å²) in [7, 11) is 0. The third-order valence-electron chi connectivity index (χ3n) is 4.80. The minimum Gasteiger partial charge on any atom is -0.462 e. The Kier molecular flexibility index (Phi) is 6.40. The van der Waals surface area contributed by atoms with Gasteiger partial charge in [-0.2, -0.15) is 5.10 Å². The van der Waals surface area contributed by atoms with Crippen molar-refractivity contribution in [2.75, 3.05) is 25.0 Å². The van der Waals surface area contributed by atoms with Crippen LogP contribution in [0.5, 0.6) is 0 Å². The Morgan fingerprint density at radius 3 is 2.79 bits per heavy atom. The number of hydrogen-bond donors (Lipinski definition) is 2. The number of carbonyl (C=O) groups excluding carboxylic acids is 1. The zero-order valence-corrected chi connectivity index (χ0v) is 17.8. The fraction of sp³-hybridized carbons (Fsp3) is 0.650. The van der Waals surface area contributed by atoms with Crippen molar-refractivity contribution < 1.29 is 19.4 Å². The molecule has 9 heteroatoms. The average Bonchev–Trinajstić information content (AvgIpc) is 3.27. The highest BCUT2D eigenvalue weighted by Gasteiger charge is 2.31. The Morgan fingerprint density at radius 1 is 1.38 bits per heavy atom. The number of aliphatic hydroxyl groups is 1. The van der Waals surface area contributed by atoms with Gasteiger partial charge < -0.3 is 19.9 Å². The summed E-state index contributed by atoms with van der Waals surface area (Å²) in [6.45, 7) is 11.7. The summed E-state index contributed by atoms with van der Waals surface area (Å²) >= 11 is 0. The minimum absolute atomic E-state index is 0.0389. The fourth-order valence-corrected chi connectivity index (χ4v) is 3.48. The normalized spacial score (nSPS) is 18.9. The van der Waals surface area contributed by atoms with Crippen molar-refractivity contribution in [3.8, 4) is 0 Å². The number of carbonyl (C=O) groups is 1. The number of aliphatic hydroxyl groups excluding tert-OH is 1. The maximum Gasteiger partial charge on any atom is 0.341 e. The van der Waals surface area contributed by atoms with Crippen LogP contribution in [-0.2, 0) is 16.0 Å². The Bertz CT molecular complexity index is 860. The molecule has 2 N–H and O–H groups in total. The van der Waals surface area contributed by atoms with Gasteiger partial charge in [-0.25, -0.2) is 14.5 Å². The molecule has 0 aromatic carbocycles. The monoisotopic (exact) mass is 405 g/mol. The number of fused-ring (bicyclic) bond motifs is 1. The number of nitrogens with zero attached hydrogens (tertiary/aromatic N) is 4. The summed E-state index contributed by atoms with van der Waals surface area (Å²) in [6.07, 6.45) is 3.10. The van der Waals surface area contributed by atoms with Crippen molar-refractivity contribution in [1.82, 2.24) is 19.7 Å². The van der Waals surface area contributed by atoms with Crippen molar-refractivity contribution in [1.29, 1.82) is 0 Å². The summed E-state index contributed by atoms with van der Waals surface area (Å²) in [5, 5.41) is 19.0. The number of aromatic nitrogens is 3. The van der Waals surface area contributed by atoms with E-state index in [1.165, 1.54) is 0 Å². The molecule has 0 spiro atoms. The van der Waals surface area contributed by atoms with E-state index in [0.717, 1.165) is 11.8 Å². The van der Waals surface area contributed by atoms with Gasteiger partial charge in [0.05, 0.1) is 29.5 Å². The molecule has 3 heterocycles. The van der Waals surface area contributed by atoms with Crippen molar-refractivity contribution >= 4 is 22.7 Å². The molecule has 0 aliphatic carbocycles. The van der Waals surface area contributed by atoms with Crippen LogP contribution in [0.4, 0.5) is 5.69 Å². The van der Waals surface area contributed by atoms with Gasteiger partial charge in [-0.1, -0.05) is 0 Å². The lowest BCUT2D eigenvalue weighted by Crippen LogP contribution is -2.41. The first kappa shape index (κ1) is 21.5. The van der Waals surface area contributed by atoms with Crippen molar-refractivity contribution in [2.24, 2.45) is 0 Å². The van der Waals surface area contributed by atoms with Gasteiger partial charge in [0, 0.05) is 31.9 Å². The lowest BCUT2D eigenvalue weighted by Gasteiger charge is -2.30. The molecule has 0 radical (unpaired) electrons. The second-order valence-electron chi connectivity index (χ2n) is 8.15. The van der Waals surface area contributed by atoms with Gasteiger partial charge in [-0.3, -0.25) is 4.90 Å². The molecule has 2 aromatic heterocycles. The van der Waals surface area contributed by atoms with Gasteiger partial charge in [0.2, 0.25) is 6.41 Å². The van der Waals surface area contributed by atoms with Gasteiger partial charge >= 0.3 is 5.97 Å². The number of pyridine rings is 1. The molecule has 3 rings (SSSR count).